The minimum atomic E-state index is -4.55. The smallest absolute Gasteiger partial charge is 0.416 e. The van der Waals surface area contributed by atoms with Crippen LogP contribution in [0, 0.1) is 0 Å². The van der Waals surface area contributed by atoms with Crippen LogP contribution in [0.2, 0.25) is 0 Å². The van der Waals surface area contributed by atoms with Crippen LogP contribution >= 0.6 is 0 Å². The number of nitrogens with zero attached hydrogens (tertiary/aromatic N) is 3. The molecule has 2 aromatic rings. The Kier molecular flexibility index (Phi) is 7.94. The maximum Gasteiger partial charge on any atom is 0.416 e. The lowest BCUT2D eigenvalue weighted by Crippen LogP contribution is -2.20. The van der Waals surface area contributed by atoms with Gasteiger partial charge in [0.05, 0.1) is 30.3 Å². The van der Waals surface area contributed by atoms with Crippen LogP contribution in [0.15, 0.2) is 53.8 Å². The SMILES string of the molecule is C\C=C(CF)/C(=C\C(=C\CC)C(F)(F)F)c1cc2n(n1)CCCC2Oc1ccc(OC)nc1. The second-order valence-electron chi connectivity index (χ2n) is 7.53. The molecule has 1 aliphatic rings. The molecule has 0 spiro atoms. The van der Waals surface area contributed by atoms with Gasteiger partial charge in [-0.25, -0.2) is 9.37 Å². The molecule has 2 aromatic heterocycles. The van der Waals surface area contributed by atoms with Crippen molar-refractivity contribution >= 4 is 5.57 Å². The van der Waals surface area contributed by atoms with Crippen molar-refractivity contribution in [3.05, 3.63) is 65.2 Å². The molecule has 3 heterocycles. The lowest BCUT2D eigenvalue weighted by Gasteiger charge is -2.24. The predicted octanol–water partition coefficient (Wildman–Crippen LogP) is 6.40. The van der Waals surface area contributed by atoms with Gasteiger partial charge in [0.25, 0.3) is 0 Å². The first-order chi connectivity index (χ1) is 15.8. The monoisotopic (exact) mass is 465 g/mol. The van der Waals surface area contributed by atoms with E-state index in [9.17, 15) is 17.6 Å². The zero-order valence-corrected chi connectivity index (χ0v) is 18.8. The second-order valence-corrected chi connectivity index (χ2v) is 7.53. The Morgan fingerprint density at radius 1 is 1.30 bits per heavy atom. The summed E-state index contributed by atoms with van der Waals surface area (Å²) in [7, 11) is 1.52. The molecule has 0 aromatic carbocycles. The van der Waals surface area contributed by atoms with Crippen molar-refractivity contribution in [1.82, 2.24) is 14.8 Å². The van der Waals surface area contributed by atoms with Crippen LogP contribution < -0.4 is 9.47 Å². The fourth-order valence-electron chi connectivity index (χ4n) is 3.68. The second kappa shape index (κ2) is 10.7. The van der Waals surface area contributed by atoms with Gasteiger partial charge in [-0.3, -0.25) is 4.68 Å². The van der Waals surface area contributed by atoms with Gasteiger partial charge in [-0.1, -0.05) is 19.1 Å². The maximum atomic E-state index is 13.7. The van der Waals surface area contributed by atoms with Crippen molar-refractivity contribution < 1.29 is 27.0 Å². The molecule has 178 valence electrons. The number of rotatable bonds is 8. The van der Waals surface area contributed by atoms with E-state index in [-0.39, 0.29) is 29.4 Å². The quantitative estimate of drug-likeness (QED) is 0.334. The zero-order chi connectivity index (χ0) is 24.0. The molecule has 1 unspecified atom stereocenters. The molecule has 0 amide bonds. The van der Waals surface area contributed by atoms with Crippen LogP contribution in [-0.2, 0) is 6.54 Å². The molecule has 0 fully saturated rings. The van der Waals surface area contributed by atoms with Crippen molar-refractivity contribution in [2.24, 2.45) is 0 Å². The number of methoxy groups -OCH3 is 1. The Balaban J connectivity index is 2.00. The number of halogens is 4. The minimum Gasteiger partial charge on any atom is -0.483 e. The zero-order valence-electron chi connectivity index (χ0n) is 18.8. The lowest BCUT2D eigenvalue weighted by atomic mass is 9.98. The molecule has 0 aliphatic carbocycles. The Bertz CT molecular complexity index is 1040. The molecule has 9 heteroatoms. The van der Waals surface area contributed by atoms with Gasteiger partial charge in [-0.05, 0) is 50.0 Å². The summed E-state index contributed by atoms with van der Waals surface area (Å²) in [5, 5.41) is 4.51. The summed E-state index contributed by atoms with van der Waals surface area (Å²) in [5.41, 5.74) is 0.443. The number of allylic oxidation sites excluding steroid dienone is 6. The van der Waals surface area contributed by atoms with E-state index >= 15 is 0 Å². The van der Waals surface area contributed by atoms with E-state index in [1.807, 2.05) is 0 Å². The highest BCUT2D eigenvalue weighted by atomic mass is 19.4. The Labute approximate surface area is 190 Å². The van der Waals surface area contributed by atoms with Crippen molar-refractivity contribution in [3.63, 3.8) is 0 Å². The largest absolute Gasteiger partial charge is 0.483 e. The number of alkyl halides is 4. The average molecular weight is 465 g/mol. The molecule has 3 rings (SSSR count). The highest BCUT2D eigenvalue weighted by molar-refractivity contribution is 5.79. The molecule has 0 bridgehead atoms. The van der Waals surface area contributed by atoms with E-state index < -0.39 is 18.4 Å². The van der Waals surface area contributed by atoms with Gasteiger partial charge in [0, 0.05) is 18.2 Å². The molecule has 0 radical (unpaired) electrons. The van der Waals surface area contributed by atoms with Gasteiger partial charge >= 0.3 is 6.18 Å². The predicted molar refractivity (Wildman–Crippen MR) is 118 cm³/mol. The molecule has 0 N–H and O–H groups in total. The lowest BCUT2D eigenvalue weighted by molar-refractivity contribution is -0.0883. The van der Waals surface area contributed by atoms with Crippen LogP contribution in [0.1, 0.15) is 50.6 Å². The van der Waals surface area contributed by atoms with Gasteiger partial charge in [0.1, 0.15) is 18.5 Å². The summed E-state index contributed by atoms with van der Waals surface area (Å²) < 4.78 is 67.3. The van der Waals surface area contributed by atoms with E-state index in [2.05, 4.69) is 10.1 Å². The highest BCUT2D eigenvalue weighted by Gasteiger charge is 2.33. The molecule has 0 saturated carbocycles. The van der Waals surface area contributed by atoms with Gasteiger partial charge < -0.3 is 9.47 Å². The molecule has 5 nitrogen and oxygen atoms in total. The van der Waals surface area contributed by atoms with E-state index in [1.165, 1.54) is 13.2 Å². The number of pyridine rings is 1. The first-order valence-corrected chi connectivity index (χ1v) is 10.8. The fourth-order valence-corrected chi connectivity index (χ4v) is 3.68. The summed E-state index contributed by atoms with van der Waals surface area (Å²) in [6.07, 6.45) is 1.87. The van der Waals surface area contributed by atoms with Crippen LogP contribution in [0.5, 0.6) is 11.6 Å². The Morgan fingerprint density at radius 3 is 2.67 bits per heavy atom. The molecular weight excluding hydrogens is 438 g/mol. The fraction of sp³-hybridized carbons (Fsp3) is 0.417. The van der Waals surface area contributed by atoms with E-state index in [1.54, 1.807) is 42.9 Å². The molecule has 0 saturated heterocycles. The third kappa shape index (κ3) is 5.83. The summed E-state index contributed by atoms with van der Waals surface area (Å²) in [4.78, 5) is 4.13. The first-order valence-electron chi connectivity index (χ1n) is 10.8. The third-order valence-corrected chi connectivity index (χ3v) is 5.34. The third-order valence-electron chi connectivity index (χ3n) is 5.34. The number of aromatic nitrogens is 3. The normalized spacial score (nSPS) is 17.7. The van der Waals surface area contributed by atoms with Crippen molar-refractivity contribution in [2.75, 3.05) is 13.8 Å². The van der Waals surface area contributed by atoms with Crippen molar-refractivity contribution in [2.45, 2.75) is 51.9 Å². The number of hydrogen-bond acceptors (Lipinski definition) is 4. The van der Waals surface area contributed by atoms with Gasteiger partial charge in [-0.15, -0.1) is 0 Å². The number of aryl methyl sites for hydroxylation is 1. The number of ether oxygens (including phenoxy) is 2. The Hall–Kier alpha value is -3.10. The van der Waals surface area contributed by atoms with Gasteiger partial charge in [0.15, 0.2) is 0 Å². The van der Waals surface area contributed by atoms with E-state index in [0.29, 0.717) is 24.6 Å². The standard InChI is InChI=1S/C24H27F4N3O2/c1-4-7-17(24(26,27)28)12-19(16(5-2)14-25)20-13-21-22(8-6-11-31(21)30-20)33-18-9-10-23(32-3)29-15-18/h5,7,9-10,12-13,15,22H,4,6,8,11,14H2,1-3H3/b16-5-,17-7-,19-12+. The van der Waals surface area contributed by atoms with Crippen molar-refractivity contribution in [1.29, 1.82) is 0 Å². The van der Waals surface area contributed by atoms with Crippen LogP contribution in [0.3, 0.4) is 0 Å². The van der Waals surface area contributed by atoms with Gasteiger partial charge in [0.2, 0.25) is 5.88 Å². The summed E-state index contributed by atoms with van der Waals surface area (Å²) in [6.45, 7) is 2.91. The van der Waals surface area contributed by atoms with E-state index in [4.69, 9.17) is 9.47 Å². The van der Waals surface area contributed by atoms with E-state index in [0.717, 1.165) is 24.3 Å². The molecule has 1 atom stereocenters. The summed E-state index contributed by atoms with van der Waals surface area (Å²) >= 11 is 0. The Morgan fingerprint density at radius 2 is 2.09 bits per heavy atom. The maximum absolute atomic E-state index is 13.7. The minimum absolute atomic E-state index is 0.115. The van der Waals surface area contributed by atoms with Crippen molar-refractivity contribution in [3.8, 4) is 11.6 Å². The van der Waals surface area contributed by atoms with Gasteiger partial charge in [-0.2, -0.15) is 18.3 Å². The average Bonchev–Trinajstić information content (AvgIpc) is 3.23. The first kappa shape index (κ1) is 24.5. The van der Waals surface area contributed by atoms with Crippen LogP contribution in [-0.4, -0.2) is 34.7 Å². The highest BCUT2D eigenvalue weighted by Crippen LogP contribution is 2.36. The molecule has 1 aliphatic heterocycles. The molecule has 33 heavy (non-hydrogen) atoms. The number of fused-ring (bicyclic) bond motifs is 1. The summed E-state index contributed by atoms with van der Waals surface area (Å²) in [5.74, 6) is 0.995. The summed E-state index contributed by atoms with van der Waals surface area (Å²) in [6, 6.07) is 5.10. The molecular formula is C24H27F4N3O2. The number of hydrogen-bond donors (Lipinski definition) is 0. The van der Waals surface area contributed by atoms with Crippen LogP contribution in [0.4, 0.5) is 17.6 Å². The topological polar surface area (TPSA) is 49.2 Å². The van der Waals surface area contributed by atoms with Crippen LogP contribution in [0.25, 0.3) is 5.57 Å².